The van der Waals surface area contributed by atoms with Gasteiger partial charge in [0.2, 0.25) is 15.9 Å². The SMILES string of the molecule is CC(=O)NCCNS(=O)(=O)c1cccc(C#N)c1. The summed E-state index contributed by atoms with van der Waals surface area (Å²) in [7, 11) is -3.64. The molecule has 2 N–H and O–H groups in total. The third-order valence-corrected chi connectivity index (χ3v) is 3.52. The van der Waals surface area contributed by atoms with Crippen LogP contribution in [-0.2, 0) is 14.8 Å². The minimum Gasteiger partial charge on any atom is -0.355 e. The average molecular weight is 267 g/mol. The van der Waals surface area contributed by atoms with E-state index in [1.807, 2.05) is 6.07 Å². The van der Waals surface area contributed by atoms with Crippen LogP contribution in [0, 0.1) is 11.3 Å². The van der Waals surface area contributed by atoms with E-state index >= 15 is 0 Å². The predicted octanol–water partition coefficient (Wildman–Crippen LogP) is -0.0273. The number of hydrogen-bond acceptors (Lipinski definition) is 4. The number of nitrogens with one attached hydrogen (secondary N) is 2. The zero-order chi connectivity index (χ0) is 13.6. The quantitative estimate of drug-likeness (QED) is 0.732. The lowest BCUT2D eigenvalue weighted by molar-refractivity contribution is -0.118. The molecule has 0 atom stereocenters. The van der Waals surface area contributed by atoms with Gasteiger partial charge in [0.15, 0.2) is 0 Å². The van der Waals surface area contributed by atoms with Crippen LogP contribution >= 0.6 is 0 Å². The second-order valence-electron chi connectivity index (χ2n) is 3.52. The first kappa shape index (κ1) is 14.2. The van der Waals surface area contributed by atoms with E-state index in [4.69, 9.17) is 5.26 Å². The molecule has 0 unspecified atom stereocenters. The highest BCUT2D eigenvalue weighted by Gasteiger charge is 2.13. The van der Waals surface area contributed by atoms with Crippen LogP contribution < -0.4 is 10.0 Å². The largest absolute Gasteiger partial charge is 0.355 e. The van der Waals surface area contributed by atoms with Gasteiger partial charge in [-0.05, 0) is 18.2 Å². The molecule has 0 bridgehead atoms. The topological polar surface area (TPSA) is 99.1 Å². The van der Waals surface area contributed by atoms with Crippen LogP contribution in [0.25, 0.3) is 0 Å². The van der Waals surface area contributed by atoms with Crippen molar-refractivity contribution in [2.45, 2.75) is 11.8 Å². The van der Waals surface area contributed by atoms with E-state index in [-0.39, 0.29) is 29.5 Å². The lowest BCUT2D eigenvalue weighted by atomic mass is 10.2. The van der Waals surface area contributed by atoms with Crippen molar-refractivity contribution in [1.29, 1.82) is 5.26 Å². The minimum atomic E-state index is -3.64. The highest BCUT2D eigenvalue weighted by atomic mass is 32.2. The van der Waals surface area contributed by atoms with E-state index in [1.54, 1.807) is 0 Å². The molecule has 0 aliphatic heterocycles. The highest BCUT2D eigenvalue weighted by molar-refractivity contribution is 7.89. The molecule has 96 valence electrons. The Morgan fingerprint density at radius 1 is 1.39 bits per heavy atom. The standard InChI is InChI=1S/C11H13N3O3S/c1-9(15)13-5-6-14-18(16,17)11-4-2-3-10(7-11)8-12/h2-4,7,14H,5-6H2,1H3,(H,13,15). The Hall–Kier alpha value is -1.91. The molecule has 0 heterocycles. The Balaban J connectivity index is 2.69. The molecule has 0 aromatic heterocycles. The van der Waals surface area contributed by atoms with Gasteiger partial charge in [-0.1, -0.05) is 6.07 Å². The van der Waals surface area contributed by atoms with Crippen LogP contribution in [0.1, 0.15) is 12.5 Å². The van der Waals surface area contributed by atoms with Gasteiger partial charge in [0, 0.05) is 20.0 Å². The fraction of sp³-hybridized carbons (Fsp3) is 0.273. The molecule has 0 aliphatic rings. The van der Waals surface area contributed by atoms with Crippen molar-refractivity contribution in [1.82, 2.24) is 10.0 Å². The summed E-state index contributed by atoms with van der Waals surface area (Å²) in [5.74, 6) is -0.222. The van der Waals surface area contributed by atoms with Crippen LogP contribution in [0.4, 0.5) is 0 Å². The highest BCUT2D eigenvalue weighted by Crippen LogP contribution is 2.10. The van der Waals surface area contributed by atoms with Crippen molar-refractivity contribution < 1.29 is 13.2 Å². The number of sulfonamides is 1. The van der Waals surface area contributed by atoms with E-state index in [1.165, 1.54) is 31.2 Å². The zero-order valence-electron chi connectivity index (χ0n) is 9.80. The van der Waals surface area contributed by atoms with Gasteiger partial charge in [-0.3, -0.25) is 4.79 Å². The summed E-state index contributed by atoms with van der Waals surface area (Å²) in [5.41, 5.74) is 0.278. The average Bonchev–Trinajstić information content (AvgIpc) is 2.34. The maximum atomic E-state index is 11.8. The molecule has 1 aromatic carbocycles. The van der Waals surface area contributed by atoms with Gasteiger partial charge in [0.05, 0.1) is 16.5 Å². The fourth-order valence-corrected chi connectivity index (χ4v) is 2.32. The van der Waals surface area contributed by atoms with E-state index in [2.05, 4.69) is 10.0 Å². The van der Waals surface area contributed by atoms with E-state index in [0.29, 0.717) is 0 Å². The van der Waals surface area contributed by atoms with Crippen molar-refractivity contribution >= 4 is 15.9 Å². The van der Waals surface area contributed by atoms with Gasteiger partial charge >= 0.3 is 0 Å². The molecule has 6 nitrogen and oxygen atoms in total. The van der Waals surface area contributed by atoms with Crippen molar-refractivity contribution in [2.75, 3.05) is 13.1 Å². The maximum Gasteiger partial charge on any atom is 0.240 e. The van der Waals surface area contributed by atoms with E-state index < -0.39 is 10.0 Å². The Morgan fingerprint density at radius 2 is 2.11 bits per heavy atom. The first-order valence-corrected chi connectivity index (χ1v) is 6.68. The van der Waals surface area contributed by atoms with Crippen LogP contribution in [0.15, 0.2) is 29.2 Å². The summed E-state index contributed by atoms with van der Waals surface area (Å²) in [6.45, 7) is 1.66. The van der Waals surface area contributed by atoms with Crippen LogP contribution in [0.2, 0.25) is 0 Å². The molecule has 18 heavy (non-hydrogen) atoms. The normalized spacial score (nSPS) is 10.7. The third-order valence-electron chi connectivity index (χ3n) is 2.06. The molecule has 7 heteroatoms. The molecule has 1 aromatic rings. The number of hydrogen-bond donors (Lipinski definition) is 2. The van der Waals surface area contributed by atoms with Crippen molar-refractivity contribution in [2.24, 2.45) is 0 Å². The van der Waals surface area contributed by atoms with Gasteiger partial charge in [0.25, 0.3) is 0 Å². The number of nitrogens with zero attached hydrogens (tertiary/aromatic N) is 1. The second-order valence-corrected chi connectivity index (χ2v) is 5.29. The number of benzene rings is 1. The molecule has 0 spiro atoms. The van der Waals surface area contributed by atoms with Crippen LogP contribution in [0.3, 0.4) is 0 Å². The van der Waals surface area contributed by atoms with Gasteiger partial charge in [-0.25, -0.2) is 13.1 Å². The number of carbonyl (C=O) groups is 1. The number of rotatable bonds is 5. The number of amides is 1. The molecule has 0 saturated carbocycles. The lowest BCUT2D eigenvalue weighted by Crippen LogP contribution is -2.33. The van der Waals surface area contributed by atoms with Crippen molar-refractivity contribution in [3.05, 3.63) is 29.8 Å². The van der Waals surface area contributed by atoms with Gasteiger partial charge in [-0.2, -0.15) is 5.26 Å². The molecular weight excluding hydrogens is 254 g/mol. The van der Waals surface area contributed by atoms with E-state index in [9.17, 15) is 13.2 Å². The van der Waals surface area contributed by atoms with Crippen molar-refractivity contribution in [3.8, 4) is 6.07 Å². The first-order chi connectivity index (χ1) is 8.45. The van der Waals surface area contributed by atoms with Gasteiger partial charge in [-0.15, -0.1) is 0 Å². The van der Waals surface area contributed by atoms with E-state index in [0.717, 1.165) is 0 Å². The predicted molar refractivity (Wildman–Crippen MR) is 65.0 cm³/mol. The molecule has 0 saturated heterocycles. The fourth-order valence-electron chi connectivity index (χ4n) is 1.24. The first-order valence-electron chi connectivity index (χ1n) is 5.20. The summed E-state index contributed by atoms with van der Waals surface area (Å²) in [6.07, 6.45) is 0. The number of nitriles is 1. The summed E-state index contributed by atoms with van der Waals surface area (Å²) >= 11 is 0. The van der Waals surface area contributed by atoms with Crippen LogP contribution in [-0.4, -0.2) is 27.4 Å². The van der Waals surface area contributed by atoms with Crippen LogP contribution in [0.5, 0.6) is 0 Å². The molecular formula is C11H13N3O3S. The second kappa shape index (κ2) is 6.14. The minimum absolute atomic E-state index is 0.0318. The van der Waals surface area contributed by atoms with Gasteiger partial charge < -0.3 is 5.32 Å². The summed E-state index contributed by atoms with van der Waals surface area (Å²) < 4.78 is 26.0. The van der Waals surface area contributed by atoms with Crippen molar-refractivity contribution in [3.63, 3.8) is 0 Å². The third kappa shape index (κ3) is 4.16. The summed E-state index contributed by atoms with van der Waals surface area (Å²) in [4.78, 5) is 10.6. The molecule has 0 radical (unpaired) electrons. The Bertz CT molecular complexity index is 575. The molecule has 0 fully saturated rings. The molecule has 1 rings (SSSR count). The molecule has 1 amide bonds. The zero-order valence-corrected chi connectivity index (χ0v) is 10.6. The van der Waals surface area contributed by atoms with Gasteiger partial charge in [0.1, 0.15) is 0 Å². The molecule has 0 aliphatic carbocycles. The summed E-state index contributed by atoms with van der Waals surface area (Å²) in [5, 5.41) is 11.2. The Kier molecular flexibility index (Phi) is 4.83. The Labute approximate surface area is 106 Å². The maximum absolute atomic E-state index is 11.8. The lowest BCUT2D eigenvalue weighted by Gasteiger charge is -2.07. The summed E-state index contributed by atoms with van der Waals surface area (Å²) in [6, 6.07) is 7.59. The Morgan fingerprint density at radius 3 is 2.72 bits per heavy atom. The monoisotopic (exact) mass is 267 g/mol. The smallest absolute Gasteiger partial charge is 0.240 e. The number of carbonyl (C=O) groups excluding carboxylic acids is 1.